The van der Waals surface area contributed by atoms with Gasteiger partial charge in [0.1, 0.15) is 5.92 Å². The average Bonchev–Trinajstić information content (AvgIpc) is 3.10. The van der Waals surface area contributed by atoms with E-state index in [2.05, 4.69) is 15.2 Å². The van der Waals surface area contributed by atoms with E-state index in [1.807, 2.05) is 53.1 Å². The summed E-state index contributed by atoms with van der Waals surface area (Å²) in [6.07, 6.45) is 3.41. The Morgan fingerprint density at radius 1 is 1.25 bits per heavy atom. The third kappa shape index (κ3) is 4.50. The number of benzene rings is 1. The average molecular weight is 390 g/mol. The third-order valence-corrected chi connectivity index (χ3v) is 5.04. The quantitative estimate of drug-likeness (QED) is 0.467. The van der Waals surface area contributed by atoms with Gasteiger partial charge in [0, 0.05) is 23.7 Å². The largest absolute Gasteiger partial charge is 0.308 e. The summed E-state index contributed by atoms with van der Waals surface area (Å²) in [6.45, 7) is 2.01. The van der Waals surface area contributed by atoms with Gasteiger partial charge in [-0.25, -0.2) is 0 Å². The minimum absolute atomic E-state index is 0.0500. The van der Waals surface area contributed by atoms with Crippen molar-refractivity contribution in [3.05, 3.63) is 60.4 Å². The molecule has 1 unspecified atom stereocenters. The summed E-state index contributed by atoms with van der Waals surface area (Å²) >= 11 is 1.22. The van der Waals surface area contributed by atoms with Crippen molar-refractivity contribution in [2.24, 2.45) is 5.92 Å². The Hall–Kier alpha value is -3.31. The van der Waals surface area contributed by atoms with Crippen LogP contribution in [0, 0.1) is 22.7 Å². The molecule has 0 aliphatic carbocycles. The van der Waals surface area contributed by atoms with Crippen molar-refractivity contribution in [3.8, 4) is 17.5 Å². The number of hydrogen-bond acceptors (Lipinski definition) is 7. The van der Waals surface area contributed by atoms with E-state index in [1.165, 1.54) is 18.7 Å². The van der Waals surface area contributed by atoms with Crippen molar-refractivity contribution in [1.82, 2.24) is 19.7 Å². The number of ketones is 1. The predicted octanol–water partition coefficient (Wildman–Crippen LogP) is 3.23. The van der Waals surface area contributed by atoms with E-state index >= 15 is 0 Å². The zero-order valence-electron chi connectivity index (χ0n) is 15.2. The highest BCUT2D eigenvalue weighted by molar-refractivity contribution is 7.99. The Morgan fingerprint density at radius 2 is 2.04 bits per heavy atom. The van der Waals surface area contributed by atoms with E-state index < -0.39 is 5.92 Å². The minimum atomic E-state index is -1.02. The molecular weight excluding hydrogens is 372 g/mol. The molecular formula is C20H18N6OS. The van der Waals surface area contributed by atoms with Gasteiger partial charge in [-0.2, -0.15) is 5.26 Å². The van der Waals surface area contributed by atoms with Gasteiger partial charge in [-0.05, 0) is 24.6 Å². The fraction of sp³-hybridized carbons (Fsp3) is 0.200. The van der Waals surface area contributed by atoms with Crippen molar-refractivity contribution >= 4 is 23.3 Å². The number of Topliss-reactive ketones (excluding diaryl/α,β-unsaturated/α-hetero) is 1. The van der Waals surface area contributed by atoms with E-state index in [0.717, 1.165) is 11.1 Å². The zero-order chi connectivity index (χ0) is 19.9. The summed E-state index contributed by atoms with van der Waals surface area (Å²) < 4.78 is 1.93. The first-order valence-electron chi connectivity index (χ1n) is 8.58. The SMILES string of the molecule is CC(=N)C(C#N)C(=O)CSc1nnc(-c2cccnc2)n1Cc1ccccc1. The standard InChI is InChI=1S/C20H18N6OS/c1-14(22)17(10-21)18(27)13-28-20-25-24-19(16-8-5-9-23-11-16)26(20)12-15-6-3-2-4-7-15/h2-9,11,17,22H,12-13H2,1H3. The maximum Gasteiger partial charge on any atom is 0.192 e. The normalized spacial score (nSPS) is 11.6. The first-order chi connectivity index (χ1) is 13.6. The molecule has 140 valence electrons. The fourth-order valence-corrected chi connectivity index (χ4v) is 3.49. The number of pyridine rings is 1. The van der Waals surface area contributed by atoms with Crippen LogP contribution in [0.2, 0.25) is 0 Å². The number of rotatable bonds is 8. The van der Waals surface area contributed by atoms with Gasteiger partial charge in [-0.1, -0.05) is 42.1 Å². The van der Waals surface area contributed by atoms with Crippen LogP contribution in [-0.2, 0) is 11.3 Å². The smallest absolute Gasteiger partial charge is 0.192 e. The number of carbonyl (C=O) groups is 1. The molecule has 1 aromatic carbocycles. The molecule has 8 heteroatoms. The number of nitrogens with zero attached hydrogens (tertiary/aromatic N) is 5. The monoisotopic (exact) mass is 390 g/mol. The van der Waals surface area contributed by atoms with Crippen molar-refractivity contribution in [2.75, 3.05) is 5.75 Å². The van der Waals surface area contributed by atoms with Gasteiger partial charge in [0.05, 0.1) is 18.4 Å². The molecule has 0 bridgehead atoms. The van der Waals surface area contributed by atoms with Crippen molar-refractivity contribution < 1.29 is 4.79 Å². The lowest BCUT2D eigenvalue weighted by Crippen LogP contribution is -2.21. The van der Waals surface area contributed by atoms with Gasteiger partial charge in [0.2, 0.25) is 0 Å². The molecule has 1 atom stereocenters. The third-order valence-electron chi connectivity index (χ3n) is 4.05. The second kappa shape index (κ2) is 9.06. The molecule has 1 N–H and O–H groups in total. The minimum Gasteiger partial charge on any atom is -0.308 e. The predicted molar refractivity (Wildman–Crippen MR) is 107 cm³/mol. The molecule has 0 saturated carbocycles. The molecule has 7 nitrogen and oxygen atoms in total. The molecule has 0 fully saturated rings. The lowest BCUT2D eigenvalue weighted by molar-refractivity contribution is -0.117. The Morgan fingerprint density at radius 3 is 2.68 bits per heavy atom. The van der Waals surface area contributed by atoms with Gasteiger partial charge >= 0.3 is 0 Å². The Balaban J connectivity index is 1.88. The molecule has 0 amide bonds. The zero-order valence-corrected chi connectivity index (χ0v) is 16.1. The molecule has 2 aromatic heterocycles. The number of nitrogens with one attached hydrogen (secondary N) is 1. The molecule has 3 aromatic rings. The molecule has 0 radical (unpaired) electrons. The molecule has 0 saturated heterocycles. The van der Waals surface area contributed by atoms with Crippen LogP contribution in [0.15, 0.2) is 60.0 Å². The van der Waals surface area contributed by atoms with Gasteiger partial charge < -0.3 is 5.41 Å². The number of carbonyl (C=O) groups excluding carboxylic acids is 1. The Kier molecular flexibility index (Phi) is 6.29. The van der Waals surface area contributed by atoms with E-state index in [9.17, 15) is 4.79 Å². The second-order valence-electron chi connectivity index (χ2n) is 6.12. The summed E-state index contributed by atoms with van der Waals surface area (Å²) in [5.41, 5.74) is 1.95. The van der Waals surface area contributed by atoms with Gasteiger partial charge in [-0.3, -0.25) is 14.3 Å². The van der Waals surface area contributed by atoms with E-state index in [0.29, 0.717) is 17.5 Å². The highest BCUT2D eigenvalue weighted by Crippen LogP contribution is 2.25. The van der Waals surface area contributed by atoms with Crippen LogP contribution in [0.1, 0.15) is 12.5 Å². The first-order valence-corrected chi connectivity index (χ1v) is 9.56. The summed E-state index contributed by atoms with van der Waals surface area (Å²) in [4.78, 5) is 16.4. The molecule has 2 heterocycles. The molecule has 0 aliphatic rings. The van der Waals surface area contributed by atoms with Crippen LogP contribution < -0.4 is 0 Å². The van der Waals surface area contributed by atoms with E-state index in [4.69, 9.17) is 10.7 Å². The van der Waals surface area contributed by atoms with Crippen molar-refractivity contribution in [2.45, 2.75) is 18.6 Å². The molecule has 28 heavy (non-hydrogen) atoms. The fourth-order valence-electron chi connectivity index (χ4n) is 2.64. The highest BCUT2D eigenvalue weighted by Gasteiger charge is 2.22. The summed E-state index contributed by atoms with van der Waals surface area (Å²) in [5.74, 6) is -0.617. The van der Waals surface area contributed by atoms with Gasteiger partial charge in [0.15, 0.2) is 16.8 Å². The number of aromatic nitrogens is 4. The highest BCUT2D eigenvalue weighted by atomic mass is 32.2. The Labute approximate surface area is 167 Å². The lowest BCUT2D eigenvalue weighted by atomic mass is 10.0. The van der Waals surface area contributed by atoms with Crippen LogP contribution >= 0.6 is 11.8 Å². The number of nitriles is 1. The van der Waals surface area contributed by atoms with Crippen LogP contribution in [0.5, 0.6) is 0 Å². The molecule has 0 spiro atoms. The number of thioether (sulfide) groups is 1. The lowest BCUT2D eigenvalue weighted by Gasteiger charge is -2.11. The van der Waals surface area contributed by atoms with Gasteiger partial charge in [-0.15, -0.1) is 10.2 Å². The topological polar surface area (TPSA) is 108 Å². The van der Waals surface area contributed by atoms with Crippen LogP contribution in [-0.4, -0.2) is 37.0 Å². The maximum absolute atomic E-state index is 12.3. The van der Waals surface area contributed by atoms with Crippen LogP contribution in [0.4, 0.5) is 0 Å². The first kappa shape index (κ1) is 19.5. The molecule has 0 aliphatic heterocycles. The van der Waals surface area contributed by atoms with Crippen LogP contribution in [0.3, 0.4) is 0 Å². The van der Waals surface area contributed by atoms with Crippen molar-refractivity contribution in [3.63, 3.8) is 0 Å². The summed E-state index contributed by atoms with van der Waals surface area (Å²) in [6, 6.07) is 15.5. The van der Waals surface area contributed by atoms with Gasteiger partial charge in [0.25, 0.3) is 0 Å². The maximum atomic E-state index is 12.3. The molecule has 3 rings (SSSR count). The summed E-state index contributed by atoms with van der Waals surface area (Å²) in [5, 5.41) is 25.8. The Bertz CT molecular complexity index is 1010. The van der Waals surface area contributed by atoms with E-state index in [-0.39, 0.29) is 17.2 Å². The van der Waals surface area contributed by atoms with Crippen LogP contribution in [0.25, 0.3) is 11.4 Å². The van der Waals surface area contributed by atoms with Crippen molar-refractivity contribution in [1.29, 1.82) is 10.7 Å². The summed E-state index contributed by atoms with van der Waals surface area (Å²) in [7, 11) is 0. The van der Waals surface area contributed by atoms with E-state index in [1.54, 1.807) is 12.4 Å². The second-order valence-corrected chi connectivity index (χ2v) is 7.06. The number of hydrogen-bond donors (Lipinski definition) is 1.